The maximum absolute atomic E-state index is 4.15. The summed E-state index contributed by atoms with van der Waals surface area (Å²) >= 11 is 0. The van der Waals surface area contributed by atoms with Crippen LogP contribution in [-0.4, -0.2) is 9.55 Å². The van der Waals surface area contributed by atoms with Gasteiger partial charge in [-0.25, -0.2) is 4.98 Å². The van der Waals surface area contributed by atoms with Gasteiger partial charge in [-0.05, 0) is 43.5 Å². The molecule has 2 aromatic rings. The Morgan fingerprint density at radius 2 is 1.67 bits per heavy atom. The molecule has 0 unspecified atom stereocenters. The van der Waals surface area contributed by atoms with Crippen LogP contribution in [0.1, 0.15) is 16.7 Å². The number of hydrogen-bond donors (Lipinski definition) is 0. The van der Waals surface area contributed by atoms with Crippen molar-refractivity contribution in [1.29, 1.82) is 0 Å². The summed E-state index contributed by atoms with van der Waals surface area (Å²) in [5.74, 6) is 0. The van der Waals surface area contributed by atoms with Gasteiger partial charge in [-0.2, -0.15) is 0 Å². The largest absolute Gasteiger partial charge is 0.334 e. The van der Waals surface area contributed by atoms with Gasteiger partial charge < -0.3 is 4.57 Å². The number of aryl methyl sites for hydroxylation is 4. The summed E-state index contributed by atoms with van der Waals surface area (Å²) in [6.07, 6.45) is 3.75. The predicted molar refractivity (Wildman–Crippen MR) is 62.9 cm³/mol. The molecule has 15 heavy (non-hydrogen) atoms. The molecule has 2 nitrogen and oxygen atoms in total. The molecule has 0 fully saturated rings. The summed E-state index contributed by atoms with van der Waals surface area (Å²) in [5, 5.41) is 0. The summed E-state index contributed by atoms with van der Waals surface area (Å²) in [4.78, 5) is 4.15. The monoisotopic (exact) mass is 200 g/mol. The Labute approximate surface area is 90.6 Å². The number of benzene rings is 1. The molecule has 1 aromatic heterocycles. The van der Waals surface area contributed by atoms with Crippen LogP contribution in [-0.2, 0) is 7.05 Å². The highest BCUT2D eigenvalue weighted by Crippen LogP contribution is 2.25. The molecular formula is C13H16N2. The Morgan fingerprint density at radius 3 is 2.27 bits per heavy atom. The van der Waals surface area contributed by atoms with Gasteiger partial charge in [0.25, 0.3) is 0 Å². The minimum atomic E-state index is 1.18. The van der Waals surface area contributed by atoms with Crippen LogP contribution in [0.3, 0.4) is 0 Å². The first-order chi connectivity index (χ1) is 7.09. The average Bonchev–Trinajstić information content (AvgIpc) is 2.58. The van der Waals surface area contributed by atoms with E-state index in [-0.39, 0.29) is 0 Å². The first-order valence-electron chi connectivity index (χ1n) is 5.14. The van der Waals surface area contributed by atoms with E-state index in [0.717, 1.165) is 0 Å². The highest BCUT2D eigenvalue weighted by atomic mass is 15.0. The van der Waals surface area contributed by atoms with Crippen LogP contribution in [0.2, 0.25) is 0 Å². The van der Waals surface area contributed by atoms with Crippen LogP contribution in [0.15, 0.2) is 24.7 Å². The Hall–Kier alpha value is -1.57. The predicted octanol–water partition coefficient (Wildman–Crippen LogP) is 3.01. The van der Waals surface area contributed by atoms with Crippen molar-refractivity contribution in [2.45, 2.75) is 20.8 Å². The van der Waals surface area contributed by atoms with Crippen LogP contribution in [0.5, 0.6) is 0 Å². The molecule has 1 aromatic carbocycles. The van der Waals surface area contributed by atoms with E-state index in [1.807, 2.05) is 19.6 Å². The van der Waals surface area contributed by atoms with E-state index in [2.05, 4.69) is 42.5 Å². The van der Waals surface area contributed by atoms with Gasteiger partial charge in [0.15, 0.2) is 0 Å². The van der Waals surface area contributed by atoms with E-state index in [9.17, 15) is 0 Å². The van der Waals surface area contributed by atoms with Crippen molar-refractivity contribution in [1.82, 2.24) is 9.55 Å². The summed E-state index contributed by atoms with van der Waals surface area (Å²) < 4.78 is 2.05. The molecule has 0 aliphatic rings. The molecule has 0 aliphatic carbocycles. The highest BCUT2D eigenvalue weighted by Gasteiger charge is 2.07. The maximum Gasteiger partial charge on any atom is 0.0948 e. The van der Waals surface area contributed by atoms with Gasteiger partial charge in [-0.15, -0.1) is 0 Å². The molecule has 0 N–H and O–H groups in total. The molecule has 2 rings (SSSR count). The molecule has 0 amide bonds. The summed E-state index contributed by atoms with van der Waals surface area (Å²) in [5.41, 5.74) is 6.44. The third kappa shape index (κ3) is 1.67. The fourth-order valence-corrected chi connectivity index (χ4v) is 1.85. The van der Waals surface area contributed by atoms with Crippen molar-refractivity contribution in [2.75, 3.05) is 0 Å². The number of hydrogen-bond acceptors (Lipinski definition) is 1. The average molecular weight is 200 g/mol. The van der Waals surface area contributed by atoms with Gasteiger partial charge in [0.05, 0.1) is 18.2 Å². The lowest BCUT2D eigenvalue weighted by atomic mass is 9.99. The Bertz CT molecular complexity index is 495. The van der Waals surface area contributed by atoms with Crippen molar-refractivity contribution >= 4 is 0 Å². The minimum absolute atomic E-state index is 1.18. The molecule has 0 saturated carbocycles. The SMILES string of the molecule is Cc1cc(C)c(-c2cncn2C)cc1C. The number of rotatable bonds is 1. The summed E-state index contributed by atoms with van der Waals surface area (Å²) in [7, 11) is 2.02. The van der Waals surface area contributed by atoms with Crippen LogP contribution < -0.4 is 0 Å². The van der Waals surface area contributed by atoms with Gasteiger partial charge in [0, 0.05) is 12.6 Å². The molecule has 0 bridgehead atoms. The Kier molecular flexibility index (Phi) is 2.35. The smallest absolute Gasteiger partial charge is 0.0948 e. The Balaban J connectivity index is 2.64. The topological polar surface area (TPSA) is 17.8 Å². The van der Waals surface area contributed by atoms with Crippen LogP contribution in [0, 0.1) is 20.8 Å². The second-order valence-electron chi connectivity index (χ2n) is 4.14. The van der Waals surface area contributed by atoms with E-state index in [4.69, 9.17) is 0 Å². The second kappa shape index (κ2) is 3.54. The van der Waals surface area contributed by atoms with Gasteiger partial charge in [0.2, 0.25) is 0 Å². The van der Waals surface area contributed by atoms with Crippen LogP contribution in [0.25, 0.3) is 11.3 Å². The van der Waals surface area contributed by atoms with Crippen molar-refractivity contribution < 1.29 is 0 Å². The summed E-state index contributed by atoms with van der Waals surface area (Å²) in [6.45, 7) is 6.44. The minimum Gasteiger partial charge on any atom is -0.334 e. The quantitative estimate of drug-likeness (QED) is 0.692. The zero-order chi connectivity index (χ0) is 11.0. The van der Waals surface area contributed by atoms with Gasteiger partial charge in [-0.1, -0.05) is 6.07 Å². The van der Waals surface area contributed by atoms with Gasteiger partial charge in [0.1, 0.15) is 0 Å². The van der Waals surface area contributed by atoms with Crippen LogP contribution in [0.4, 0.5) is 0 Å². The molecule has 1 heterocycles. The molecule has 2 heteroatoms. The molecule has 0 spiro atoms. The molecule has 78 valence electrons. The van der Waals surface area contributed by atoms with E-state index in [1.54, 1.807) is 0 Å². The van der Waals surface area contributed by atoms with Gasteiger partial charge in [-0.3, -0.25) is 0 Å². The second-order valence-corrected chi connectivity index (χ2v) is 4.14. The zero-order valence-corrected chi connectivity index (χ0v) is 9.70. The maximum atomic E-state index is 4.15. The fraction of sp³-hybridized carbons (Fsp3) is 0.308. The highest BCUT2D eigenvalue weighted by molar-refractivity contribution is 5.65. The standard InChI is InChI=1S/C13H16N2/c1-9-5-11(3)12(6-10(9)2)13-7-14-8-15(13)4/h5-8H,1-4H3. The fourth-order valence-electron chi connectivity index (χ4n) is 1.85. The third-order valence-corrected chi connectivity index (χ3v) is 2.93. The lowest BCUT2D eigenvalue weighted by Crippen LogP contribution is -1.94. The lowest BCUT2D eigenvalue weighted by Gasteiger charge is -2.10. The van der Waals surface area contributed by atoms with Crippen molar-refractivity contribution in [3.8, 4) is 11.3 Å². The first kappa shape index (κ1) is 9.97. The van der Waals surface area contributed by atoms with Crippen molar-refractivity contribution in [3.05, 3.63) is 41.3 Å². The van der Waals surface area contributed by atoms with Crippen molar-refractivity contribution in [2.24, 2.45) is 7.05 Å². The number of nitrogens with zero attached hydrogens (tertiary/aromatic N) is 2. The first-order valence-corrected chi connectivity index (χ1v) is 5.14. The Morgan fingerprint density at radius 1 is 1.00 bits per heavy atom. The van der Waals surface area contributed by atoms with Crippen molar-refractivity contribution in [3.63, 3.8) is 0 Å². The summed E-state index contributed by atoms with van der Waals surface area (Å²) in [6, 6.07) is 4.47. The lowest BCUT2D eigenvalue weighted by molar-refractivity contribution is 0.920. The van der Waals surface area contributed by atoms with E-state index >= 15 is 0 Å². The molecular weight excluding hydrogens is 184 g/mol. The van der Waals surface area contributed by atoms with Crippen LogP contribution >= 0.6 is 0 Å². The number of imidazole rings is 1. The molecule has 0 atom stereocenters. The number of aromatic nitrogens is 2. The normalized spacial score (nSPS) is 10.7. The van der Waals surface area contributed by atoms with E-state index < -0.39 is 0 Å². The molecule has 0 saturated heterocycles. The molecule has 0 aliphatic heterocycles. The third-order valence-electron chi connectivity index (χ3n) is 2.93. The molecule has 0 radical (unpaired) electrons. The van der Waals surface area contributed by atoms with E-state index in [1.165, 1.54) is 27.9 Å². The van der Waals surface area contributed by atoms with Gasteiger partial charge >= 0.3 is 0 Å². The van der Waals surface area contributed by atoms with E-state index in [0.29, 0.717) is 0 Å². The zero-order valence-electron chi connectivity index (χ0n) is 9.70.